The first-order valence-electron chi connectivity index (χ1n) is 7.42. The maximum absolute atomic E-state index is 13.6. The third-order valence-corrected chi connectivity index (χ3v) is 4.36. The van der Waals surface area contributed by atoms with Crippen molar-refractivity contribution < 1.29 is 23.5 Å². The molecular weight excluding hydrogens is 304 g/mol. The van der Waals surface area contributed by atoms with E-state index < -0.39 is 29.2 Å². The van der Waals surface area contributed by atoms with Gasteiger partial charge in [-0.15, -0.1) is 6.58 Å². The normalized spacial score (nSPS) is 24.3. The highest BCUT2D eigenvalue weighted by Crippen LogP contribution is 2.41. The summed E-state index contributed by atoms with van der Waals surface area (Å²) < 4.78 is 26.7. The summed E-state index contributed by atoms with van der Waals surface area (Å²) in [7, 11) is 0. The van der Waals surface area contributed by atoms with Gasteiger partial charge in [-0.25, -0.2) is 13.6 Å². The molecule has 1 aliphatic heterocycles. The molecule has 0 radical (unpaired) electrons. The van der Waals surface area contributed by atoms with Gasteiger partial charge in [0.1, 0.15) is 5.54 Å². The quantitative estimate of drug-likeness (QED) is 0.864. The lowest BCUT2D eigenvalue weighted by Crippen LogP contribution is -2.58. The molecule has 2 atom stereocenters. The lowest BCUT2D eigenvalue weighted by molar-refractivity contribution is -0.164. The van der Waals surface area contributed by atoms with Crippen molar-refractivity contribution in [2.24, 2.45) is 0 Å². The third kappa shape index (κ3) is 3.11. The Hall–Kier alpha value is -2.24. The molecule has 124 valence electrons. The summed E-state index contributed by atoms with van der Waals surface area (Å²) in [6.45, 7) is 5.00. The number of piperidine rings is 1. The van der Waals surface area contributed by atoms with Crippen LogP contribution >= 0.6 is 0 Å². The van der Waals surface area contributed by atoms with Crippen LogP contribution in [-0.2, 0) is 9.59 Å². The molecule has 0 unspecified atom stereocenters. The number of halogens is 2. The highest BCUT2D eigenvalue weighted by molar-refractivity contribution is 5.88. The number of carboxylic acids is 1. The number of aliphatic carboxylic acids is 1. The zero-order chi connectivity index (χ0) is 17.2. The highest BCUT2D eigenvalue weighted by atomic mass is 19.2. The first-order chi connectivity index (χ1) is 10.8. The number of hydrogen-bond donors (Lipinski definition) is 1. The molecule has 0 aromatic heterocycles. The molecule has 0 spiro atoms. The number of likely N-dealkylation sites (tertiary alicyclic amines) is 1. The predicted molar refractivity (Wildman–Crippen MR) is 80.7 cm³/mol. The van der Waals surface area contributed by atoms with Gasteiger partial charge in [-0.2, -0.15) is 0 Å². The van der Waals surface area contributed by atoms with Crippen LogP contribution in [0.5, 0.6) is 0 Å². The molecule has 23 heavy (non-hydrogen) atoms. The van der Waals surface area contributed by atoms with Gasteiger partial charge >= 0.3 is 5.97 Å². The Balaban J connectivity index is 2.49. The van der Waals surface area contributed by atoms with Gasteiger partial charge < -0.3 is 10.0 Å². The molecule has 0 saturated carbocycles. The van der Waals surface area contributed by atoms with E-state index in [9.17, 15) is 23.5 Å². The molecule has 4 nitrogen and oxygen atoms in total. The zero-order valence-electron chi connectivity index (χ0n) is 12.9. The number of hydrogen-bond acceptors (Lipinski definition) is 2. The lowest BCUT2D eigenvalue weighted by Gasteiger charge is -2.47. The second-order valence-electron chi connectivity index (χ2n) is 5.92. The summed E-state index contributed by atoms with van der Waals surface area (Å²) in [5.74, 6) is -3.49. The van der Waals surface area contributed by atoms with Crippen molar-refractivity contribution in [3.05, 3.63) is 48.1 Å². The lowest BCUT2D eigenvalue weighted by atomic mass is 9.82. The fourth-order valence-corrected chi connectivity index (χ4v) is 3.15. The minimum absolute atomic E-state index is 0.0109. The minimum atomic E-state index is -1.38. The Bertz CT molecular complexity index is 647. The van der Waals surface area contributed by atoms with E-state index in [1.165, 1.54) is 24.0 Å². The van der Waals surface area contributed by atoms with Crippen molar-refractivity contribution in [3.8, 4) is 0 Å². The van der Waals surface area contributed by atoms with E-state index in [-0.39, 0.29) is 12.3 Å². The average Bonchev–Trinajstić information content (AvgIpc) is 2.49. The molecule has 1 saturated heterocycles. The van der Waals surface area contributed by atoms with E-state index >= 15 is 0 Å². The first kappa shape index (κ1) is 17.1. The van der Waals surface area contributed by atoms with Gasteiger partial charge in [-0.3, -0.25) is 4.79 Å². The van der Waals surface area contributed by atoms with Gasteiger partial charge in [0.15, 0.2) is 11.6 Å². The van der Waals surface area contributed by atoms with Crippen LogP contribution in [0.15, 0.2) is 30.9 Å². The molecule has 0 bridgehead atoms. The monoisotopic (exact) mass is 323 g/mol. The number of benzene rings is 1. The smallest absolute Gasteiger partial charge is 0.329 e. The van der Waals surface area contributed by atoms with Crippen LogP contribution in [0, 0.1) is 11.6 Å². The fourth-order valence-electron chi connectivity index (χ4n) is 3.15. The molecule has 1 fully saturated rings. The van der Waals surface area contributed by atoms with Gasteiger partial charge in [0.2, 0.25) is 5.91 Å². The van der Waals surface area contributed by atoms with Gasteiger partial charge in [0.05, 0.1) is 6.04 Å². The standard InChI is InChI=1S/C17H19F2NO3/c1-3-5-15(21)20-14(6-4-9-17(20,2)16(22)23)11-7-8-12(18)13(19)10-11/h3,7-8,10,14H,1,4-6,9H2,2H3,(H,22,23)/t14-,17+/m0/s1. The molecule has 1 aliphatic rings. The summed E-state index contributed by atoms with van der Waals surface area (Å²) >= 11 is 0. The topological polar surface area (TPSA) is 57.6 Å². The van der Waals surface area contributed by atoms with Crippen LogP contribution < -0.4 is 0 Å². The zero-order valence-corrected chi connectivity index (χ0v) is 12.9. The molecular formula is C17H19F2NO3. The summed E-state index contributed by atoms with van der Waals surface area (Å²) in [6, 6.07) is 2.81. The first-order valence-corrected chi connectivity index (χ1v) is 7.42. The molecule has 1 N–H and O–H groups in total. The number of amides is 1. The maximum atomic E-state index is 13.6. The average molecular weight is 323 g/mol. The van der Waals surface area contributed by atoms with E-state index in [1.54, 1.807) is 0 Å². The van der Waals surface area contributed by atoms with Crippen LogP contribution in [0.1, 0.15) is 44.2 Å². The highest BCUT2D eigenvalue weighted by Gasteiger charge is 2.48. The van der Waals surface area contributed by atoms with Crippen LogP contribution in [0.2, 0.25) is 0 Å². The van der Waals surface area contributed by atoms with Crippen molar-refractivity contribution in [1.82, 2.24) is 4.90 Å². The van der Waals surface area contributed by atoms with Gasteiger partial charge in [-0.05, 0) is 43.9 Å². The van der Waals surface area contributed by atoms with E-state index in [1.807, 2.05) is 0 Å². The van der Waals surface area contributed by atoms with Crippen LogP contribution in [0.25, 0.3) is 0 Å². The summed E-state index contributed by atoms with van der Waals surface area (Å²) in [4.78, 5) is 25.5. The van der Waals surface area contributed by atoms with Crippen molar-refractivity contribution in [2.45, 2.75) is 44.2 Å². The SMILES string of the molecule is C=CCC(=O)N1[C@H](c2ccc(F)c(F)c2)CCC[C@]1(C)C(=O)O. The Morgan fingerprint density at radius 3 is 2.70 bits per heavy atom. The Morgan fingerprint density at radius 2 is 2.13 bits per heavy atom. The second-order valence-corrected chi connectivity index (χ2v) is 5.92. The summed E-state index contributed by atoms with van der Waals surface area (Å²) in [6.07, 6.45) is 2.77. The Kier molecular flexibility index (Phi) is 4.82. The summed E-state index contributed by atoms with van der Waals surface area (Å²) in [5, 5.41) is 9.59. The molecule has 6 heteroatoms. The molecule has 0 aliphatic carbocycles. The van der Waals surface area contributed by atoms with E-state index in [2.05, 4.69) is 6.58 Å². The maximum Gasteiger partial charge on any atom is 0.329 e. The van der Waals surface area contributed by atoms with Crippen LogP contribution in [0.3, 0.4) is 0 Å². The number of rotatable bonds is 4. The van der Waals surface area contributed by atoms with Crippen molar-refractivity contribution in [1.29, 1.82) is 0 Å². The van der Waals surface area contributed by atoms with E-state index in [0.717, 1.165) is 12.1 Å². The predicted octanol–water partition coefficient (Wildman–Crippen LogP) is 3.44. The van der Waals surface area contributed by atoms with Gasteiger partial charge in [0.25, 0.3) is 0 Å². The van der Waals surface area contributed by atoms with Crippen molar-refractivity contribution in [3.63, 3.8) is 0 Å². The number of nitrogens with zero attached hydrogens (tertiary/aromatic N) is 1. The Morgan fingerprint density at radius 1 is 1.43 bits per heavy atom. The summed E-state index contributed by atoms with van der Waals surface area (Å²) in [5.41, 5.74) is -0.984. The van der Waals surface area contributed by atoms with Crippen LogP contribution in [-0.4, -0.2) is 27.4 Å². The van der Waals surface area contributed by atoms with Gasteiger partial charge in [-0.1, -0.05) is 12.1 Å². The third-order valence-electron chi connectivity index (χ3n) is 4.36. The van der Waals surface area contributed by atoms with Gasteiger partial charge in [0, 0.05) is 6.42 Å². The molecule has 1 heterocycles. The molecule has 1 aromatic rings. The molecule has 1 amide bonds. The van der Waals surface area contributed by atoms with Crippen LogP contribution in [0.4, 0.5) is 8.78 Å². The molecule has 1 aromatic carbocycles. The van der Waals surface area contributed by atoms with Crippen molar-refractivity contribution >= 4 is 11.9 Å². The Labute approximate surface area is 133 Å². The second kappa shape index (κ2) is 6.48. The van der Waals surface area contributed by atoms with E-state index in [0.29, 0.717) is 24.8 Å². The fraction of sp³-hybridized carbons (Fsp3) is 0.412. The minimum Gasteiger partial charge on any atom is -0.480 e. The number of carbonyl (C=O) groups is 2. The van der Waals surface area contributed by atoms with E-state index in [4.69, 9.17) is 0 Å². The molecule has 2 rings (SSSR count). The number of carbonyl (C=O) groups excluding carboxylic acids is 1. The number of carboxylic acid groups (broad SMARTS) is 1. The van der Waals surface area contributed by atoms with Crippen molar-refractivity contribution in [2.75, 3.05) is 0 Å². The largest absolute Gasteiger partial charge is 0.480 e.